The molecule has 21 heavy (non-hydrogen) atoms. The highest BCUT2D eigenvalue weighted by molar-refractivity contribution is 7.89. The molecule has 1 fully saturated rings. The first kappa shape index (κ1) is 16.3. The van der Waals surface area contributed by atoms with Crippen LogP contribution in [0.3, 0.4) is 0 Å². The molecular weight excluding hydrogens is 292 g/mol. The van der Waals surface area contributed by atoms with E-state index < -0.39 is 10.0 Å². The number of aromatic nitrogens is 2. The average molecular weight is 316 g/mol. The number of hydrogen-bond donors (Lipinski definition) is 2. The van der Waals surface area contributed by atoms with Crippen LogP contribution >= 0.6 is 0 Å². The third-order valence-corrected chi connectivity index (χ3v) is 5.15. The summed E-state index contributed by atoms with van der Waals surface area (Å²) in [6.45, 7) is 3.07. The average Bonchev–Trinajstić information content (AvgIpc) is 2.87. The lowest BCUT2D eigenvalue weighted by Gasteiger charge is -2.21. The molecule has 7 nitrogen and oxygen atoms in total. The second-order valence-corrected chi connectivity index (χ2v) is 7.00. The molecule has 0 atom stereocenters. The lowest BCUT2D eigenvalue weighted by atomic mass is 9.98. The van der Waals surface area contributed by atoms with E-state index >= 15 is 0 Å². The number of rotatable bonds is 7. The Morgan fingerprint density at radius 1 is 1.43 bits per heavy atom. The molecule has 0 saturated heterocycles. The number of anilines is 1. The van der Waals surface area contributed by atoms with E-state index in [0.29, 0.717) is 13.2 Å². The summed E-state index contributed by atoms with van der Waals surface area (Å²) < 4.78 is 34.0. The fraction of sp³-hybridized carbons (Fsp3) is 0.769. The molecule has 120 valence electrons. The van der Waals surface area contributed by atoms with Gasteiger partial charge in [0.1, 0.15) is 4.90 Å². The van der Waals surface area contributed by atoms with Crippen LogP contribution in [0.25, 0.3) is 0 Å². The van der Waals surface area contributed by atoms with Crippen molar-refractivity contribution in [2.45, 2.75) is 56.6 Å². The minimum Gasteiger partial charge on any atom is -0.381 e. The molecule has 0 radical (unpaired) electrons. The van der Waals surface area contributed by atoms with Gasteiger partial charge in [0.05, 0.1) is 12.7 Å². The van der Waals surface area contributed by atoms with Crippen LogP contribution in [0, 0.1) is 0 Å². The molecule has 0 spiro atoms. The van der Waals surface area contributed by atoms with Gasteiger partial charge >= 0.3 is 0 Å². The molecule has 8 heteroatoms. The van der Waals surface area contributed by atoms with Gasteiger partial charge < -0.3 is 10.5 Å². The summed E-state index contributed by atoms with van der Waals surface area (Å²) in [6.07, 6.45) is 7.53. The monoisotopic (exact) mass is 316 g/mol. The summed E-state index contributed by atoms with van der Waals surface area (Å²) in [5.41, 5.74) is 5.64. The smallest absolute Gasteiger partial charge is 0.245 e. The Labute approximate surface area is 125 Å². The zero-order chi connectivity index (χ0) is 15.3. The molecule has 1 saturated carbocycles. The Morgan fingerprint density at radius 3 is 2.76 bits per heavy atom. The van der Waals surface area contributed by atoms with Gasteiger partial charge in [0.15, 0.2) is 5.82 Å². The molecule has 0 aromatic carbocycles. The van der Waals surface area contributed by atoms with E-state index in [2.05, 4.69) is 9.82 Å². The zero-order valence-corrected chi connectivity index (χ0v) is 13.2. The van der Waals surface area contributed by atoms with Crippen molar-refractivity contribution in [3.05, 3.63) is 6.20 Å². The number of hydrogen-bond acceptors (Lipinski definition) is 5. The largest absolute Gasteiger partial charge is 0.381 e. The highest BCUT2D eigenvalue weighted by atomic mass is 32.2. The molecule has 3 N–H and O–H groups in total. The van der Waals surface area contributed by atoms with E-state index in [1.165, 1.54) is 30.1 Å². The summed E-state index contributed by atoms with van der Waals surface area (Å²) >= 11 is 0. The zero-order valence-electron chi connectivity index (χ0n) is 12.4. The summed E-state index contributed by atoms with van der Waals surface area (Å²) in [6, 6.07) is 0. The fourth-order valence-corrected chi connectivity index (χ4v) is 3.58. The second-order valence-electron chi connectivity index (χ2n) is 5.26. The lowest BCUT2D eigenvalue weighted by molar-refractivity contribution is 0.0321. The minimum absolute atomic E-state index is 0.0255. The number of sulfonamides is 1. The summed E-state index contributed by atoms with van der Waals surface area (Å²) in [5, 5.41) is 3.94. The summed E-state index contributed by atoms with van der Waals surface area (Å²) in [4.78, 5) is 0.0296. The van der Waals surface area contributed by atoms with Gasteiger partial charge in [0.2, 0.25) is 10.0 Å². The number of nitrogens with one attached hydrogen (secondary N) is 1. The molecule has 0 aliphatic heterocycles. The molecule has 0 amide bonds. The maximum absolute atomic E-state index is 12.1. The van der Waals surface area contributed by atoms with Crippen molar-refractivity contribution >= 4 is 15.8 Å². The predicted octanol–water partition coefficient (Wildman–Crippen LogP) is 1.11. The molecule has 1 aliphatic carbocycles. The van der Waals surface area contributed by atoms with Gasteiger partial charge in [-0.25, -0.2) is 13.1 Å². The van der Waals surface area contributed by atoms with Crippen molar-refractivity contribution in [3.63, 3.8) is 0 Å². The van der Waals surface area contributed by atoms with Crippen LogP contribution in [0.2, 0.25) is 0 Å². The van der Waals surface area contributed by atoms with E-state index in [-0.39, 0.29) is 23.4 Å². The number of nitrogens with two attached hydrogens (primary N) is 1. The van der Waals surface area contributed by atoms with E-state index in [1.807, 2.05) is 6.92 Å². The van der Waals surface area contributed by atoms with Crippen LogP contribution < -0.4 is 10.5 Å². The topological polar surface area (TPSA) is 99.2 Å². The quantitative estimate of drug-likeness (QED) is 0.734. The fourth-order valence-electron chi connectivity index (χ4n) is 2.50. The normalized spacial score (nSPS) is 17.2. The highest BCUT2D eigenvalue weighted by Gasteiger charge is 2.21. The SMILES string of the molecule is CCn1cc(S(=O)(=O)NCCOC2CCCCC2)c(N)n1. The molecule has 1 aliphatic rings. The number of nitrogen functional groups attached to an aromatic ring is 1. The van der Waals surface area contributed by atoms with Gasteiger partial charge in [-0.3, -0.25) is 4.68 Å². The predicted molar refractivity (Wildman–Crippen MR) is 80.3 cm³/mol. The van der Waals surface area contributed by atoms with Crippen LogP contribution in [0.4, 0.5) is 5.82 Å². The van der Waals surface area contributed by atoms with Crippen molar-refractivity contribution in [2.24, 2.45) is 0 Å². The first-order valence-corrected chi connectivity index (χ1v) is 8.95. The van der Waals surface area contributed by atoms with Gasteiger partial charge in [-0.2, -0.15) is 5.10 Å². The molecule has 0 unspecified atom stereocenters. The summed E-state index contributed by atoms with van der Waals surface area (Å²) in [7, 11) is -3.62. The second kappa shape index (κ2) is 7.24. The van der Waals surface area contributed by atoms with Crippen molar-refractivity contribution < 1.29 is 13.2 Å². The van der Waals surface area contributed by atoms with Gasteiger partial charge in [-0.1, -0.05) is 19.3 Å². The summed E-state index contributed by atoms with van der Waals surface area (Å²) in [5.74, 6) is 0.0255. The Kier molecular flexibility index (Phi) is 5.60. The van der Waals surface area contributed by atoms with Crippen LogP contribution in [-0.2, 0) is 21.3 Å². The minimum atomic E-state index is -3.62. The van der Waals surface area contributed by atoms with Crippen LogP contribution in [-0.4, -0.2) is 37.5 Å². The molecule has 0 bridgehead atoms. The molecular formula is C13H24N4O3S. The molecule has 1 heterocycles. The van der Waals surface area contributed by atoms with Crippen molar-refractivity contribution in [2.75, 3.05) is 18.9 Å². The third-order valence-electron chi connectivity index (χ3n) is 3.67. The number of nitrogens with zero attached hydrogens (tertiary/aromatic N) is 2. The van der Waals surface area contributed by atoms with Crippen LogP contribution in [0.15, 0.2) is 11.1 Å². The number of ether oxygens (including phenoxy) is 1. The van der Waals surface area contributed by atoms with Gasteiger partial charge in [0, 0.05) is 19.3 Å². The first-order valence-electron chi connectivity index (χ1n) is 7.47. The standard InChI is InChI=1S/C13H24N4O3S/c1-2-17-10-12(13(14)16-17)21(18,19)15-8-9-20-11-6-4-3-5-7-11/h10-11,15H,2-9H2,1H3,(H2,14,16). The van der Waals surface area contributed by atoms with Crippen molar-refractivity contribution in [3.8, 4) is 0 Å². The molecule has 1 aromatic rings. The van der Waals surface area contributed by atoms with Gasteiger partial charge in [-0.05, 0) is 19.8 Å². The van der Waals surface area contributed by atoms with E-state index in [1.54, 1.807) is 0 Å². The first-order chi connectivity index (χ1) is 10.0. The van der Waals surface area contributed by atoms with Gasteiger partial charge in [-0.15, -0.1) is 0 Å². The van der Waals surface area contributed by atoms with Gasteiger partial charge in [0.25, 0.3) is 0 Å². The Hall–Kier alpha value is -1.12. The molecule has 1 aromatic heterocycles. The Morgan fingerprint density at radius 2 is 2.14 bits per heavy atom. The highest BCUT2D eigenvalue weighted by Crippen LogP contribution is 2.20. The molecule has 2 rings (SSSR count). The van der Waals surface area contributed by atoms with Crippen molar-refractivity contribution in [1.29, 1.82) is 0 Å². The Bertz CT molecular complexity index is 550. The third kappa shape index (κ3) is 4.42. The number of aryl methyl sites for hydroxylation is 1. The van der Waals surface area contributed by atoms with E-state index in [0.717, 1.165) is 12.8 Å². The maximum Gasteiger partial charge on any atom is 0.245 e. The van der Waals surface area contributed by atoms with Crippen LogP contribution in [0.5, 0.6) is 0 Å². The lowest BCUT2D eigenvalue weighted by Crippen LogP contribution is -2.29. The van der Waals surface area contributed by atoms with E-state index in [4.69, 9.17) is 10.5 Å². The van der Waals surface area contributed by atoms with Crippen LogP contribution in [0.1, 0.15) is 39.0 Å². The van der Waals surface area contributed by atoms with Crippen molar-refractivity contribution in [1.82, 2.24) is 14.5 Å². The maximum atomic E-state index is 12.1. The Balaban J connectivity index is 1.82. The van der Waals surface area contributed by atoms with E-state index in [9.17, 15) is 8.42 Å².